The van der Waals surface area contributed by atoms with E-state index in [2.05, 4.69) is 28.1 Å². The van der Waals surface area contributed by atoms with E-state index >= 15 is 0 Å². The van der Waals surface area contributed by atoms with Gasteiger partial charge in [0, 0.05) is 52.6 Å². The van der Waals surface area contributed by atoms with Crippen molar-refractivity contribution < 1.29 is 30.4 Å². The van der Waals surface area contributed by atoms with E-state index in [-0.39, 0.29) is 17.3 Å². The van der Waals surface area contributed by atoms with E-state index < -0.39 is 41.3 Å². The Morgan fingerprint density at radius 2 is 1.58 bits per heavy atom. The summed E-state index contributed by atoms with van der Waals surface area (Å²) in [6.07, 6.45) is 4.94. The lowest BCUT2D eigenvalue weighted by Crippen LogP contribution is -2.31. The molecular weight excluding hydrogens is 812 g/mol. The van der Waals surface area contributed by atoms with Gasteiger partial charge in [0.05, 0.1) is 15.5 Å². The van der Waals surface area contributed by atoms with Gasteiger partial charge < -0.3 is 20.9 Å². The normalized spacial score (nSPS) is 14.2. The number of anilines is 2. The Hall–Kier alpha value is -3.99. The Morgan fingerprint density at radius 3 is 2.26 bits per heavy atom. The molecule has 0 bridgehead atoms. The van der Waals surface area contributed by atoms with Crippen molar-refractivity contribution in [1.82, 2.24) is 14.9 Å². The molecule has 0 saturated carbocycles. The molecule has 1 aliphatic carbocycles. The number of carbonyl (C=O) groups is 1. The Kier molecular flexibility index (Phi) is 16.0. The van der Waals surface area contributed by atoms with E-state index in [4.69, 9.17) is 11.6 Å². The molecule has 0 radical (unpaired) electrons. The van der Waals surface area contributed by atoms with Crippen LogP contribution in [0, 0.1) is 0 Å². The van der Waals surface area contributed by atoms with Gasteiger partial charge in [0.25, 0.3) is 15.9 Å². The quantitative estimate of drug-likeness (QED) is 0.0511. The topological polar surface area (TPSA) is 137 Å². The first kappa shape index (κ1) is 44.1. The number of nitrogens with one attached hydrogen (secondary N) is 4. The van der Waals surface area contributed by atoms with Crippen LogP contribution < -0.4 is 20.7 Å². The summed E-state index contributed by atoms with van der Waals surface area (Å²) in [4.78, 5) is 14.4. The van der Waals surface area contributed by atoms with Crippen LogP contribution >= 0.6 is 23.4 Å². The summed E-state index contributed by atoms with van der Waals surface area (Å²) < 4.78 is 82.3. The summed E-state index contributed by atoms with van der Waals surface area (Å²) in [5.41, 5.74) is 4.55. The average molecular weight is 861 g/mol. The number of sulfonamides is 1. The zero-order chi connectivity index (χ0) is 41.0. The van der Waals surface area contributed by atoms with Gasteiger partial charge in [-0.15, -0.1) is 11.8 Å². The maximum atomic E-state index is 13.9. The first-order valence-corrected chi connectivity index (χ1v) is 23.0. The van der Waals surface area contributed by atoms with Gasteiger partial charge in [0.1, 0.15) is 0 Å². The molecule has 10 nitrogen and oxygen atoms in total. The highest BCUT2D eigenvalue weighted by Gasteiger charge is 2.32. The Balaban J connectivity index is 1.21. The van der Waals surface area contributed by atoms with Crippen LogP contribution in [0.3, 0.4) is 0 Å². The molecule has 0 fully saturated rings. The number of rotatable bonds is 20. The number of carbonyl (C=O) groups excluding carboxylic acids is 1. The monoisotopic (exact) mass is 859 g/mol. The molecule has 4 aromatic rings. The van der Waals surface area contributed by atoms with Crippen LogP contribution in [-0.2, 0) is 19.9 Å². The van der Waals surface area contributed by atoms with E-state index in [1.807, 2.05) is 66.2 Å². The predicted molar refractivity (Wildman–Crippen MR) is 227 cm³/mol. The van der Waals surface area contributed by atoms with Crippen molar-refractivity contribution in [3.63, 3.8) is 0 Å². The minimum absolute atomic E-state index is 0.0274. The zero-order valence-electron chi connectivity index (χ0n) is 31.8. The van der Waals surface area contributed by atoms with Gasteiger partial charge in [0.15, 0.2) is 0 Å². The lowest BCUT2D eigenvalue weighted by atomic mass is 9.87. The van der Waals surface area contributed by atoms with E-state index in [0.29, 0.717) is 48.6 Å². The fourth-order valence-corrected chi connectivity index (χ4v) is 9.45. The summed E-state index contributed by atoms with van der Waals surface area (Å²) in [6.45, 7) is 2.66. The number of halogens is 3. The third-order valence-electron chi connectivity index (χ3n) is 9.40. The van der Waals surface area contributed by atoms with Gasteiger partial charge in [0.2, 0.25) is 9.84 Å². The number of sulfone groups is 1. The lowest BCUT2D eigenvalue weighted by molar-refractivity contribution is 0.0981. The highest BCUT2D eigenvalue weighted by Crippen LogP contribution is 2.33. The molecule has 0 spiro atoms. The Morgan fingerprint density at radius 1 is 0.877 bits per heavy atom. The van der Waals surface area contributed by atoms with Crippen molar-refractivity contribution in [3.05, 3.63) is 119 Å². The molecule has 0 aromatic heterocycles. The molecule has 1 aliphatic rings. The zero-order valence-corrected chi connectivity index (χ0v) is 35.0. The number of hydrogen-bond donors (Lipinski definition) is 4. The maximum absolute atomic E-state index is 13.9. The van der Waals surface area contributed by atoms with Gasteiger partial charge in [-0.1, -0.05) is 47.5 Å². The molecule has 1 atom stereocenters. The number of nitrogens with zero attached hydrogens (tertiary/aromatic N) is 1. The van der Waals surface area contributed by atoms with Gasteiger partial charge in [-0.3, -0.25) is 4.79 Å². The third kappa shape index (κ3) is 12.7. The maximum Gasteiger partial charge on any atom is 0.341 e. The van der Waals surface area contributed by atoms with Gasteiger partial charge in [-0.25, -0.2) is 21.6 Å². The van der Waals surface area contributed by atoms with Gasteiger partial charge in [-0.05, 0) is 131 Å². The van der Waals surface area contributed by atoms with Crippen LogP contribution in [-0.4, -0.2) is 85.5 Å². The highest BCUT2D eigenvalue weighted by atomic mass is 35.5. The SMILES string of the molecule is CN(C)CC[C@H](CSc1ccccc1)Nc1ccc(S(=O)(=O)NC(=O)c2ccc(NCCNCC3=C(c4ccc(Cl)cc4)CCCC3)cc2)cc1S(=O)(=O)C(F)F. The van der Waals surface area contributed by atoms with Crippen molar-refractivity contribution in [2.75, 3.05) is 56.7 Å². The second-order valence-electron chi connectivity index (χ2n) is 13.9. The second-order valence-corrected chi connectivity index (χ2v) is 19.0. The molecule has 0 unspecified atom stereocenters. The molecule has 0 heterocycles. The molecule has 1 amide bonds. The van der Waals surface area contributed by atoms with E-state index in [9.17, 15) is 30.4 Å². The Labute approximate surface area is 343 Å². The van der Waals surface area contributed by atoms with Crippen molar-refractivity contribution in [2.45, 2.75) is 58.6 Å². The minimum Gasteiger partial charge on any atom is -0.384 e. The van der Waals surface area contributed by atoms with Gasteiger partial charge in [-0.2, -0.15) is 8.78 Å². The van der Waals surface area contributed by atoms with E-state index in [0.717, 1.165) is 49.3 Å². The van der Waals surface area contributed by atoms with Gasteiger partial charge >= 0.3 is 5.76 Å². The van der Waals surface area contributed by atoms with Crippen molar-refractivity contribution >= 4 is 66.1 Å². The van der Waals surface area contributed by atoms with Crippen LogP contribution in [0.5, 0.6) is 0 Å². The van der Waals surface area contributed by atoms with Crippen LogP contribution in [0.25, 0.3) is 5.57 Å². The fourth-order valence-electron chi connectivity index (χ4n) is 6.34. The first-order chi connectivity index (χ1) is 27.2. The van der Waals surface area contributed by atoms with Crippen molar-refractivity contribution in [2.24, 2.45) is 0 Å². The first-order valence-electron chi connectivity index (χ1n) is 18.6. The average Bonchev–Trinajstić information content (AvgIpc) is 3.19. The summed E-state index contributed by atoms with van der Waals surface area (Å²) >= 11 is 7.59. The van der Waals surface area contributed by atoms with Crippen LogP contribution in [0.2, 0.25) is 5.02 Å². The van der Waals surface area contributed by atoms with Crippen LogP contribution in [0.4, 0.5) is 20.2 Å². The van der Waals surface area contributed by atoms with E-state index in [1.54, 1.807) is 12.1 Å². The number of amides is 1. The summed E-state index contributed by atoms with van der Waals surface area (Å²) in [5, 5.41) is 10.6. The fraction of sp³-hybridized carbons (Fsp3) is 0.341. The second kappa shape index (κ2) is 20.6. The standard InChI is InChI=1S/C41H48ClF2N5O5S3/c1-49(2)25-22-34(28-55-35-9-4-3-5-10-35)47-38-21-20-36(26-39(38)56(51,52)41(43)44)57(53,54)48-40(50)30-14-18-33(19-15-30)46-24-23-45-27-31-8-6-7-11-37(31)29-12-16-32(42)17-13-29/h3-5,9-10,12-21,26,34,41,45-47H,6-8,11,22-25,27-28H2,1-2H3,(H,48,50)/t34-/m1/s1. The van der Waals surface area contributed by atoms with E-state index in [1.165, 1.54) is 40.6 Å². The predicted octanol–water partition coefficient (Wildman–Crippen LogP) is 8.01. The number of alkyl halides is 2. The summed E-state index contributed by atoms with van der Waals surface area (Å²) in [5.74, 6) is -4.31. The number of allylic oxidation sites excluding steroid dienone is 1. The molecule has 306 valence electrons. The summed E-state index contributed by atoms with van der Waals surface area (Å²) in [6, 6.07) is 26.2. The molecule has 0 saturated heterocycles. The molecule has 4 aromatic carbocycles. The largest absolute Gasteiger partial charge is 0.384 e. The lowest BCUT2D eigenvalue weighted by Gasteiger charge is -2.23. The minimum atomic E-state index is -5.26. The molecule has 57 heavy (non-hydrogen) atoms. The number of benzene rings is 4. The van der Waals surface area contributed by atoms with Crippen molar-refractivity contribution in [1.29, 1.82) is 0 Å². The summed E-state index contributed by atoms with van der Waals surface area (Å²) in [7, 11) is -6.18. The number of thioether (sulfide) groups is 1. The van der Waals surface area contributed by atoms with Crippen LogP contribution in [0.15, 0.2) is 117 Å². The molecular formula is C41H48ClF2N5O5S3. The highest BCUT2D eigenvalue weighted by molar-refractivity contribution is 7.99. The number of hydrogen-bond acceptors (Lipinski definition) is 10. The van der Waals surface area contributed by atoms with Crippen LogP contribution in [0.1, 0.15) is 48.0 Å². The molecule has 0 aliphatic heterocycles. The molecule has 5 rings (SSSR count). The molecule has 16 heteroatoms. The Bertz CT molecular complexity index is 2210. The smallest absolute Gasteiger partial charge is 0.341 e. The van der Waals surface area contributed by atoms with Crippen molar-refractivity contribution in [3.8, 4) is 0 Å². The third-order valence-corrected chi connectivity index (χ3v) is 13.6. The molecule has 4 N–H and O–H groups in total.